The van der Waals surface area contributed by atoms with E-state index in [1.165, 1.54) is 12.3 Å². The van der Waals surface area contributed by atoms with Gasteiger partial charge in [-0.25, -0.2) is 8.42 Å². The van der Waals surface area contributed by atoms with Crippen molar-refractivity contribution in [2.24, 2.45) is 0 Å². The maximum Gasteiger partial charge on any atom is 0.246 e. The van der Waals surface area contributed by atoms with Crippen LogP contribution in [0.25, 0.3) is 6.08 Å². The molecule has 1 fully saturated rings. The molecule has 2 rings (SSSR count). The summed E-state index contributed by atoms with van der Waals surface area (Å²) >= 11 is 1.56. The summed E-state index contributed by atoms with van der Waals surface area (Å²) in [6.45, 7) is 0.831. The van der Waals surface area contributed by atoms with Gasteiger partial charge in [0.05, 0.1) is 5.25 Å². The average molecular weight is 285 g/mol. The number of sulfone groups is 1. The molecule has 0 bridgehead atoms. The molecular weight excluding hydrogens is 270 g/mol. The molecule has 1 atom stereocenters. The predicted molar refractivity (Wildman–Crippen MR) is 73.2 cm³/mol. The Labute approximate surface area is 111 Å². The van der Waals surface area contributed by atoms with Crippen molar-refractivity contribution in [3.63, 3.8) is 0 Å². The number of likely N-dealkylation sites (tertiary alicyclic amines) is 1. The minimum atomic E-state index is -3.04. The van der Waals surface area contributed by atoms with E-state index in [1.54, 1.807) is 22.3 Å². The summed E-state index contributed by atoms with van der Waals surface area (Å²) in [5, 5.41) is 1.54. The third-order valence-corrected chi connectivity index (χ3v) is 5.43. The third-order valence-electron chi connectivity index (χ3n) is 3.00. The van der Waals surface area contributed by atoms with Crippen molar-refractivity contribution in [1.29, 1.82) is 0 Å². The summed E-state index contributed by atoms with van der Waals surface area (Å²) in [7, 11) is -3.04. The van der Waals surface area contributed by atoms with E-state index in [2.05, 4.69) is 0 Å². The Morgan fingerprint density at radius 1 is 1.56 bits per heavy atom. The first-order chi connectivity index (χ1) is 8.47. The van der Waals surface area contributed by atoms with Crippen molar-refractivity contribution >= 4 is 33.2 Å². The maximum atomic E-state index is 11.9. The van der Waals surface area contributed by atoms with Crippen molar-refractivity contribution in [3.8, 4) is 0 Å². The van der Waals surface area contributed by atoms with Gasteiger partial charge in [0.15, 0.2) is 9.84 Å². The number of rotatable bonds is 3. The van der Waals surface area contributed by atoms with E-state index in [-0.39, 0.29) is 5.91 Å². The summed E-state index contributed by atoms with van der Waals surface area (Å²) in [6.07, 6.45) is 5.04. The quantitative estimate of drug-likeness (QED) is 0.789. The molecule has 1 amide bonds. The molecule has 0 N–H and O–H groups in total. The summed E-state index contributed by atoms with van der Waals surface area (Å²) in [5.74, 6) is -0.116. The second kappa shape index (κ2) is 5.24. The second-order valence-corrected chi connectivity index (χ2v) is 7.68. The van der Waals surface area contributed by atoms with E-state index in [0.717, 1.165) is 4.88 Å². The van der Waals surface area contributed by atoms with Gasteiger partial charge in [0, 0.05) is 30.3 Å². The Morgan fingerprint density at radius 2 is 2.33 bits per heavy atom. The van der Waals surface area contributed by atoms with Crippen LogP contribution in [-0.2, 0) is 14.6 Å². The number of amides is 1. The van der Waals surface area contributed by atoms with Gasteiger partial charge < -0.3 is 4.90 Å². The molecule has 0 aromatic carbocycles. The molecule has 1 saturated heterocycles. The average Bonchev–Trinajstić information content (AvgIpc) is 2.96. The molecule has 1 unspecified atom stereocenters. The Hall–Kier alpha value is -1.14. The van der Waals surface area contributed by atoms with Crippen LogP contribution in [0.3, 0.4) is 0 Å². The van der Waals surface area contributed by atoms with Gasteiger partial charge in [-0.3, -0.25) is 4.79 Å². The normalized spacial score (nSPS) is 20.7. The fourth-order valence-corrected chi connectivity index (χ4v) is 3.53. The molecule has 4 nitrogen and oxygen atoms in total. The zero-order chi connectivity index (χ0) is 13.2. The standard InChI is InChI=1S/C12H15NO3S2/c1-18(15,16)11-6-7-13(9-11)12(14)5-4-10-3-2-8-17-10/h2-5,8,11H,6-7,9H2,1H3/b5-4+. The fourth-order valence-electron chi connectivity index (χ4n) is 1.92. The number of thiophene rings is 1. The zero-order valence-corrected chi connectivity index (χ0v) is 11.7. The molecule has 6 heteroatoms. The van der Waals surface area contributed by atoms with Crippen molar-refractivity contribution < 1.29 is 13.2 Å². The minimum absolute atomic E-state index is 0.116. The van der Waals surface area contributed by atoms with Crippen LogP contribution in [0.5, 0.6) is 0 Å². The molecule has 1 aromatic rings. The van der Waals surface area contributed by atoms with Crippen LogP contribution >= 0.6 is 11.3 Å². The lowest BCUT2D eigenvalue weighted by atomic mass is 10.4. The highest BCUT2D eigenvalue weighted by Gasteiger charge is 2.31. The highest BCUT2D eigenvalue weighted by molar-refractivity contribution is 7.91. The van der Waals surface area contributed by atoms with Crippen molar-refractivity contribution in [2.75, 3.05) is 19.3 Å². The van der Waals surface area contributed by atoms with Crippen LogP contribution in [0, 0.1) is 0 Å². The maximum absolute atomic E-state index is 11.9. The molecule has 0 saturated carbocycles. The van der Waals surface area contributed by atoms with Crippen LogP contribution in [0.15, 0.2) is 23.6 Å². The molecule has 1 aliphatic heterocycles. The Bertz CT molecular complexity index is 546. The summed E-state index contributed by atoms with van der Waals surface area (Å²) in [6, 6.07) is 3.85. The highest BCUT2D eigenvalue weighted by Crippen LogP contribution is 2.17. The SMILES string of the molecule is CS(=O)(=O)C1CCN(C(=O)/C=C/c2cccs2)C1. The van der Waals surface area contributed by atoms with Gasteiger partial charge in [-0.15, -0.1) is 11.3 Å². The van der Waals surface area contributed by atoms with E-state index in [4.69, 9.17) is 0 Å². The van der Waals surface area contributed by atoms with Crippen molar-refractivity contribution in [3.05, 3.63) is 28.5 Å². The van der Waals surface area contributed by atoms with E-state index >= 15 is 0 Å². The molecular formula is C12H15NO3S2. The van der Waals surface area contributed by atoms with E-state index in [1.807, 2.05) is 17.5 Å². The Kier molecular flexibility index (Phi) is 3.87. The zero-order valence-electron chi connectivity index (χ0n) is 10.1. The lowest BCUT2D eigenvalue weighted by Gasteiger charge is -2.13. The van der Waals surface area contributed by atoms with Gasteiger partial charge in [-0.1, -0.05) is 6.07 Å². The van der Waals surface area contributed by atoms with Gasteiger partial charge in [0.1, 0.15) is 0 Å². The van der Waals surface area contributed by atoms with E-state index in [0.29, 0.717) is 19.5 Å². The largest absolute Gasteiger partial charge is 0.338 e. The molecule has 0 aliphatic carbocycles. The first-order valence-electron chi connectivity index (χ1n) is 5.66. The molecule has 0 spiro atoms. The molecule has 98 valence electrons. The van der Waals surface area contributed by atoms with Crippen LogP contribution in [0.1, 0.15) is 11.3 Å². The number of nitrogens with zero attached hydrogens (tertiary/aromatic N) is 1. The third kappa shape index (κ3) is 3.20. The number of carbonyl (C=O) groups is 1. The van der Waals surface area contributed by atoms with Gasteiger partial charge in [0.25, 0.3) is 0 Å². The van der Waals surface area contributed by atoms with Crippen LogP contribution in [0.4, 0.5) is 0 Å². The number of hydrogen-bond acceptors (Lipinski definition) is 4. The molecule has 2 heterocycles. The smallest absolute Gasteiger partial charge is 0.246 e. The summed E-state index contributed by atoms with van der Waals surface area (Å²) in [5.41, 5.74) is 0. The topological polar surface area (TPSA) is 54.5 Å². The van der Waals surface area contributed by atoms with Gasteiger partial charge in [-0.05, 0) is 23.9 Å². The predicted octanol–water partition coefficient (Wildman–Crippen LogP) is 1.41. The summed E-state index contributed by atoms with van der Waals surface area (Å²) < 4.78 is 22.8. The molecule has 0 radical (unpaired) electrons. The Balaban J connectivity index is 1.96. The molecule has 1 aliphatic rings. The van der Waals surface area contributed by atoms with Gasteiger partial charge in [-0.2, -0.15) is 0 Å². The van der Waals surface area contributed by atoms with Gasteiger partial charge >= 0.3 is 0 Å². The van der Waals surface area contributed by atoms with Crippen LogP contribution in [0.2, 0.25) is 0 Å². The minimum Gasteiger partial charge on any atom is -0.338 e. The molecule has 18 heavy (non-hydrogen) atoms. The van der Waals surface area contributed by atoms with Crippen molar-refractivity contribution in [1.82, 2.24) is 4.90 Å². The Morgan fingerprint density at radius 3 is 2.89 bits per heavy atom. The fraction of sp³-hybridized carbons (Fsp3) is 0.417. The van der Waals surface area contributed by atoms with Crippen molar-refractivity contribution in [2.45, 2.75) is 11.7 Å². The molecule has 1 aromatic heterocycles. The number of carbonyl (C=O) groups excluding carboxylic acids is 1. The number of hydrogen-bond donors (Lipinski definition) is 0. The second-order valence-electron chi connectivity index (χ2n) is 4.37. The van der Waals surface area contributed by atoms with Crippen LogP contribution in [-0.4, -0.2) is 43.8 Å². The first kappa shape index (κ1) is 13.3. The van der Waals surface area contributed by atoms with Gasteiger partial charge in [0.2, 0.25) is 5.91 Å². The van der Waals surface area contributed by atoms with E-state index in [9.17, 15) is 13.2 Å². The monoisotopic (exact) mass is 285 g/mol. The van der Waals surface area contributed by atoms with Crippen LogP contribution < -0.4 is 0 Å². The summed E-state index contributed by atoms with van der Waals surface area (Å²) in [4.78, 5) is 14.5. The van der Waals surface area contributed by atoms with E-state index < -0.39 is 15.1 Å². The highest BCUT2D eigenvalue weighted by atomic mass is 32.2. The lowest BCUT2D eigenvalue weighted by molar-refractivity contribution is -0.124. The first-order valence-corrected chi connectivity index (χ1v) is 8.49. The lowest BCUT2D eigenvalue weighted by Crippen LogP contribution is -2.30.